The van der Waals surface area contributed by atoms with E-state index in [0.717, 1.165) is 25.2 Å². The van der Waals surface area contributed by atoms with Crippen LogP contribution in [0.25, 0.3) is 0 Å². The molecule has 3 N–H and O–H groups in total. The number of hydrogen-bond donors (Lipinski definition) is 3. The lowest BCUT2D eigenvalue weighted by Gasteiger charge is -2.18. The van der Waals surface area contributed by atoms with Gasteiger partial charge < -0.3 is 20.9 Å². The molecule has 22 heavy (non-hydrogen) atoms. The molecule has 6 heteroatoms. The average molecular weight is 304 g/mol. The Morgan fingerprint density at radius 3 is 2.91 bits per heavy atom. The van der Waals surface area contributed by atoms with Gasteiger partial charge in [0.2, 0.25) is 5.91 Å². The van der Waals surface area contributed by atoms with Crippen LogP contribution in [0.1, 0.15) is 30.1 Å². The summed E-state index contributed by atoms with van der Waals surface area (Å²) in [6, 6.07) is 5.41. The van der Waals surface area contributed by atoms with E-state index in [-0.39, 0.29) is 11.8 Å². The quantitative estimate of drug-likeness (QED) is 0.690. The van der Waals surface area contributed by atoms with Crippen LogP contribution in [0.15, 0.2) is 18.2 Å². The van der Waals surface area contributed by atoms with E-state index in [0.29, 0.717) is 30.8 Å². The summed E-state index contributed by atoms with van der Waals surface area (Å²) < 4.78 is 0. The Kier molecular flexibility index (Phi) is 5.77. The minimum Gasteiger partial charge on any atom is -0.372 e. The van der Waals surface area contributed by atoms with Crippen molar-refractivity contribution in [2.24, 2.45) is 0 Å². The molecule has 0 aliphatic carbocycles. The minimum absolute atomic E-state index is 0.0214. The lowest BCUT2D eigenvalue weighted by Crippen LogP contribution is -2.32. The second kappa shape index (κ2) is 7.79. The van der Waals surface area contributed by atoms with E-state index in [1.165, 1.54) is 0 Å². The Bertz CT molecular complexity index is 545. The fraction of sp³-hybridized carbons (Fsp3) is 0.500. The summed E-state index contributed by atoms with van der Waals surface area (Å²) >= 11 is 0. The molecule has 0 aromatic heterocycles. The fourth-order valence-electron chi connectivity index (χ4n) is 2.38. The SMILES string of the molecule is CCCNCCNC(=O)c1ccc2c(c1)NC(=O)CCN2C. The Hall–Kier alpha value is -2.08. The predicted octanol–water partition coefficient (Wildman–Crippen LogP) is 1.19. The molecule has 1 aromatic carbocycles. The Morgan fingerprint density at radius 2 is 2.14 bits per heavy atom. The molecule has 0 saturated heterocycles. The molecule has 0 atom stereocenters. The molecular weight excluding hydrogens is 280 g/mol. The standard InChI is InChI=1S/C16H24N4O2/c1-3-7-17-8-9-18-16(22)12-4-5-14-13(11-12)19-15(21)6-10-20(14)2/h4-5,11,17H,3,6-10H2,1-2H3,(H,18,22)(H,19,21). The van der Waals surface area contributed by atoms with E-state index in [2.05, 4.69) is 22.9 Å². The normalized spacial score (nSPS) is 14.1. The van der Waals surface area contributed by atoms with Gasteiger partial charge in [-0.1, -0.05) is 6.92 Å². The summed E-state index contributed by atoms with van der Waals surface area (Å²) in [5.41, 5.74) is 2.19. The summed E-state index contributed by atoms with van der Waals surface area (Å²) in [5.74, 6) is -0.144. The van der Waals surface area contributed by atoms with Crippen molar-refractivity contribution in [2.75, 3.05) is 43.4 Å². The van der Waals surface area contributed by atoms with E-state index >= 15 is 0 Å². The Morgan fingerprint density at radius 1 is 1.32 bits per heavy atom. The van der Waals surface area contributed by atoms with Crippen molar-refractivity contribution in [2.45, 2.75) is 19.8 Å². The van der Waals surface area contributed by atoms with Crippen LogP contribution in [-0.4, -0.2) is 45.0 Å². The van der Waals surface area contributed by atoms with Crippen molar-refractivity contribution in [3.63, 3.8) is 0 Å². The summed E-state index contributed by atoms with van der Waals surface area (Å²) in [6.07, 6.45) is 1.53. The maximum absolute atomic E-state index is 12.1. The van der Waals surface area contributed by atoms with E-state index in [4.69, 9.17) is 0 Å². The van der Waals surface area contributed by atoms with Gasteiger partial charge in [0.15, 0.2) is 0 Å². The molecule has 0 spiro atoms. The maximum atomic E-state index is 12.1. The molecule has 6 nitrogen and oxygen atoms in total. The molecular formula is C16H24N4O2. The van der Waals surface area contributed by atoms with E-state index in [1.807, 2.05) is 18.0 Å². The van der Waals surface area contributed by atoms with Crippen molar-refractivity contribution in [1.29, 1.82) is 0 Å². The second-order valence-electron chi connectivity index (χ2n) is 5.46. The van der Waals surface area contributed by atoms with Crippen LogP contribution in [-0.2, 0) is 4.79 Å². The Balaban J connectivity index is 2.00. The second-order valence-corrected chi connectivity index (χ2v) is 5.46. The number of hydrogen-bond acceptors (Lipinski definition) is 4. The van der Waals surface area contributed by atoms with E-state index in [9.17, 15) is 9.59 Å². The highest BCUT2D eigenvalue weighted by molar-refractivity contribution is 6.00. The molecule has 0 unspecified atom stereocenters. The molecule has 2 amide bonds. The van der Waals surface area contributed by atoms with Crippen LogP contribution in [0.4, 0.5) is 11.4 Å². The van der Waals surface area contributed by atoms with Crippen molar-refractivity contribution in [3.8, 4) is 0 Å². The van der Waals surface area contributed by atoms with Crippen molar-refractivity contribution >= 4 is 23.2 Å². The molecule has 1 heterocycles. The summed E-state index contributed by atoms with van der Waals surface area (Å²) in [4.78, 5) is 25.9. The summed E-state index contributed by atoms with van der Waals surface area (Å²) in [6.45, 7) is 5.07. The highest BCUT2D eigenvalue weighted by atomic mass is 16.2. The van der Waals surface area contributed by atoms with E-state index < -0.39 is 0 Å². The summed E-state index contributed by atoms with van der Waals surface area (Å²) in [5, 5.41) is 8.97. The third kappa shape index (κ3) is 4.21. The van der Waals surface area contributed by atoms with E-state index in [1.54, 1.807) is 12.1 Å². The first-order valence-corrected chi connectivity index (χ1v) is 7.75. The smallest absolute Gasteiger partial charge is 0.251 e. The van der Waals surface area contributed by atoms with Gasteiger partial charge in [0.1, 0.15) is 0 Å². The van der Waals surface area contributed by atoms with Gasteiger partial charge in [-0.15, -0.1) is 0 Å². The van der Waals surface area contributed by atoms with Crippen molar-refractivity contribution < 1.29 is 9.59 Å². The van der Waals surface area contributed by atoms with Gasteiger partial charge in [-0.25, -0.2) is 0 Å². The first-order valence-electron chi connectivity index (χ1n) is 7.75. The lowest BCUT2D eigenvalue weighted by molar-refractivity contribution is -0.115. The third-order valence-corrected chi connectivity index (χ3v) is 3.63. The Labute approximate surface area is 131 Å². The topological polar surface area (TPSA) is 73.5 Å². The predicted molar refractivity (Wildman–Crippen MR) is 88.5 cm³/mol. The van der Waals surface area contributed by atoms with Gasteiger partial charge in [-0.05, 0) is 31.2 Å². The number of nitrogens with one attached hydrogen (secondary N) is 3. The van der Waals surface area contributed by atoms with Gasteiger partial charge in [0, 0.05) is 38.7 Å². The zero-order valence-corrected chi connectivity index (χ0v) is 13.2. The van der Waals surface area contributed by atoms with Crippen LogP contribution in [0.2, 0.25) is 0 Å². The van der Waals surface area contributed by atoms with Gasteiger partial charge in [0.25, 0.3) is 5.91 Å². The van der Waals surface area contributed by atoms with Crippen molar-refractivity contribution in [3.05, 3.63) is 23.8 Å². The van der Waals surface area contributed by atoms with Crippen LogP contribution in [0.5, 0.6) is 0 Å². The molecule has 1 aromatic rings. The van der Waals surface area contributed by atoms with Gasteiger partial charge >= 0.3 is 0 Å². The zero-order chi connectivity index (χ0) is 15.9. The monoisotopic (exact) mass is 304 g/mol. The van der Waals surface area contributed by atoms with Gasteiger partial charge in [0.05, 0.1) is 11.4 Å². The van der Waals surface area contributed by atoms with Crippen LogP contribution in [0.3, 0.4) is 0 Å². The fourth-order valence-corrected chi connectivity index (χ4v) is 2.38. The number of anilines is 2. The molecule has 0 saturated carbocycles. The minimum atomic E-state index is -0.123. The maximum Gasteiger partial charge on any atom is 0.251 e. The van der Waals surface area contributed by atoms with Crippen molar-refractivity contribution in [1.82, 2.24) is 10.6 Å². The third-order valence-electron chi connectivity index (χ3n) is 3.63. The number of carbonyl (C=O) groups excluding carboxylic acids is 2. The largest absolute Gasteiger partial charge is 0.372 e. The highest BCUT2D eigenvalue weighted by Crippen LogP contribution is 2.28. The van der Waals surface area contributed by atoms with Crippen LogP contribution >= 0.6 is 0 Å². The van der Waals surface area contributed by atoms with Gasteiger partial charge in [-0.2, -0.15) is 0 Å². The number of fused-ring (bicyclic) bond motifs is 1. The molecule has 1 aliphatic heterocycles. The van der Waals surface area contributed by atoms with Gasteiger partial charge in [-0.3, -0.25) is 9.59 Å². The highest BCUT2D eigenvalue weighted by Gasteiger charge is 2.18. The molecule has 2 rings (SSSR count). The number of rotatable bonds is 6. The first-order chi connectivity index (χ1) is 10.6. The number of nitrogens with zero attached hydrogens (tertiary/aromatic N) is 1. The zero-order valence-electron chi connectivity index (χ0n) is 13.2. The summed E-state index contributed by atoms with van der Waals surface area (Å²) in [7, 11) is 1.94. The molecule has 120 valence electrons. The molecule has 0 fully saturated rings. The lowest BCUT2D eigenvalue weighted by atomic mass is 10.1. The molecule has 0 radical (unpaired) electrons. The number of amides is 2. The number of carbonyl (C=O) groups is 2. The van der Waals surface area contributed by atoms with Crippen LogP contribution in [0, 0.1) is 0 Å². The molecule has 1 aliphatic rings. The average Bonchev–Trinajstić information content (AvgIpc) is 2.65. The molecule has 0 bridgehead atoms. The number of benzene rings is 1. The first kappa shape index (κ1) is 16.3. The van der Waals surface area contributed by atoms with Crippen LogP contribution < -0.4 is 20.9 Å².